The second-order valence-corrected chi connectivity index (χ2v) is 11.6. The van der Waals surface area contributed by atoms with E-state index in [1.54, 1.807) is 0 Å². The first kappa shape index (κ1) is 31.0. The van der Waals surface area contributed by atoms with Gasteiger partial charge in [-0.15, -0.1) is 0 Å². The van der Waals surface area contributed by atoms with Crippen LogP contribution in [0.25, 0.3) is 0 Å². The van der Waals surface area contributed by atoms with E-state index in [9.17, 15) is 4.79 Å². The zero-order valence-electron chi connectivity index (χ0n) is 22.4. The quantitative estimate of drug-likeness (QED) is 0.0792. The largest absolute Gasteiger partial charge is 0.462 e. The average Bonchev–Trinajstić information content (AvgIpc) is 2.82. The van der Waals surface area contributed by atoms with Crippen molar-refractivity contribution in [1.82, 2.24) is 0 Å². The molecule has 3 heteroatoms. The van der Waals surface area contributed by atoms with Crippen LogP contribution >= 0.6 is 15.9 Å². The molecule has 1 aliphatic rings. The molecule has 1 saturated carbocycles. The van der Waals surface area contributed by atoms with Crippen molar-refractivity contribution in [2.24, 2.45) is 11.8 Å². The zero-order valence-corrected chi connectivity index (χ0v) is 24.0. The predicted molar refractivity (Wildman–Crippen MR) is 148 cm³/mol. The fraction of sp³-hybridized carbons (Fsp3) is 0.967. The van der Waals surface area contributed by atoms with Crippen molar-refractivity contribution in [2.75, 3.05) is 5.33 Å². The van der Waals surface area contributed by atoms with Crippen molar-refractivity contribution in [3.63, 3.8) is 0 Å². The number of rotatable bonds is 22. The van der Waals surface area contributed by atoms with Crippen molar-refractivity contribution in [2.45, 2.75) is 168 Å². The fourth-order valence-electron chi connectivity index (χ4n) is 5.58. The standard InChI is InChI=1S/C30H57BrO2/c1-3-5-6-7-9-12-19-29(33-30(32)21-13-10-8-11-16-26-31)20-15-14-18-28-24-22-27(17-4-2)23-25-28/h27-29H,3-26H2,1-2H3. The molecule has 0 radical (unpaired) electrons. The van der Waals surface area contributed by atoms with Crippen molar-refractivity contribution in [3.8, 4) is 0 Å². The van der Waals surface area contributed by atoms with E-state index in [1.807, 2.05) is 0 Å². The van der Waals surface area contributed by atoms with E-state index < -0.39 is 0 Å². The first-order chi connectivity index (χ1) is 16.2. The molecule has 0 saturated heterocycles. The molecule has 0 aromatic rings. The highest BCUT2D eigenvalue weighted by molar-refractivity contribution is 9.09. The van der Waals surface area contributed by atoms with Crippen LogP contribution < -0.4 is 0 Å². The molecule has 0 aliphatic heterocycles. The summed E-state index contributed by atoms with van der Waals surface area (Å²) in [5.41, 5.74) is 0. The Morgan fingerprint density at radius 2 is 1.24 bits per heavy atom. The van der Waals surface area contributed by atoms with E-state index in [0.29, 0.717) is 6.42 Å². The minimum atomic E-state index is 0.0562. The normalized spacial score (nSPS) is 19.5. The zero-order chi connectivity index (χ0) is 24.0. The SMILES string of the molecule is CCCCCCCCC(CCCCC1CCC(CCC)CC1)OC(=O)CCCCCCCBr. The van der Waals surface area contributed by atoms with Gasteiger partial charge in [0.1, 0.15) is 6.10 Å². The lowest BCUT2D eigenvalue weighted by Gasteiger charge is -2.28. The van der Waals surface area contributed by atoms with Crippen LogP contribution in [-0.2, 0) is 9.53 Å². The van der Waals surface area contributed by atoms with Gasteiger partial charge in [-0.3, -0.25) is 4.79 Å². The van der Waals surface area contributed by atoms with Crippen LogP contribution in [0.3, 0.4) is 0 Å². The van der Waals surface area contributed by atoms with Crippen LogP contribution in [0.4, 0.5) is 0 Å². The Hall–Kier alpha value is -0.0500. The summed E-state index contributed by atoms with van der Waals surface area (Å²) in [5.74, 6) is 2.03. The maximum Gasteiger partial charge on any atom is 0.306 e. The Morgan fingerprint density at radius 1 is 0.697 bits per heavy atom. The molecule has 0 aromatic heterocycles. The van der Waals surface area contributed by atoms with E-state index >= 15 is 0 Å². The lowest BCUT2D eigenvalue weighted by atomic mass is 9.78. The summed E-state index contributed by atoms with van der Waals surface area (Å²) in [6.07, 6.45) is 29.3. The molecule has 1 atom stereocenters. The number of alkyl halides is 1. The number of carbonyl (C=O) groups excluding carboxylic acids is 1. The van der Waals surface area contributed by atoms with Gasteiger partial charge in [-0.25, -0.2) is 0 Å². The van der Waals surface area contributed by atoms with Gasteiger partial charge in [-0.05, 0) is 50.4 Å². The number of halogens is 1. The van der Waals surface area contributed by atoms with Gasteiger partial charge in [0.05, 0.1) is 0 Å². The molecule has 0 spiro atoms. The van der Waals surface area contributed by atoms with Crippen LogP contribution in [0, 0.1) is 11.8 Å². The van der Waals surface area contributed by atoms with Crippen LogP contribution in [0.5, 0.6) is 0 Å². The molecule has 0 N–H and O–H groups in total. The molecule has 1 rings (SSSR count). The smallest absolute Gasteiger partial charge is 0.306 e. The van der Waals surface area contributed by atoms with Gasteiger partial charge in [0, 0.05) is 11.8 Å². The van der Waals surface area contributed by atoms with Gasteiger partial charge in [0.15, 0.2) is 0 Å². The van der Waals surface area contributed by atoms with Crippen LogP contribution in [0.15, 0.2) is 0 Å². The Morgan fingerprint density at radius 3 is 1.88 bits per heavy atom. The molecule has 33 heavy (non-hydrogen) atoms. The number of carbonyl (C=O) groups is 1. The molecule has 196 valence electrons. The molecule has 1 fully saturated rings. The van der Waals surface area contributed by atoms with Gasteiger partial charge >= 0.3 is 5.97 Å². The van der Waals surface area contributed by atoms with Gasteiger partial charge in [0.2, 0.25) is 0 Å². The predicted octanol–water partition coefficient (Wildman–Crippen LogP) is 10.6. The van der Waals surface area contributed by atoms with Crippen molar-refractivity contribution in [1.29, 1.82) is 0 Å². The number of hydrogen-bond donors (Lipinski definition) is 0. The molecule has 0 heterocycles. The fourth-order valence-corrected chi connectivity index (χ4v) is 5.97. The first-order valence-electron chi connectivity index (χ1n) is 14.9. The third-order valence-corrected chi connectivity index (χ3v) is 8.30. The summed E-state index contributed by atoms with van der Waals surface area (Å²) in [6.45, 7) is 4.60. The van der Waals surface area contributed by atoms with Crippen LogP contribution in [-0.4, -0.2) is 17.4 Å². The molecule has 0 bridgehead atoms. The van der Waals surface area contributed by atoms with Crippen molar-refractivity contribution >= 4 is 21.9 Å². The lowest BCUT2D eigenvalue weighted by molar-refractivity contribution is -0.150. The topological polar surface area (TPSA) is 26.3 Å². The van der Waals surface area contributed by atoms with Gasteiger partial charge in [0.25, 0.3) is 0 Å². The lowest BCUT2D eigenvalue weighted by Crippen LogP contribution is -2.19. The number of esters is 1. The molecule has 2 nitrogen and oxygen atoms in total. The summed E-state index contributed by atoms with van der Waals surface area (Å²) >= 11 is 3.49. The second kappa shape index (κ2) is 22.4. The summed E-state index contributed by atoms with van der Waals surface area (Å²) in [4.78, 5) is 12.5. The Labute approximate surface area is 215 Å². The van der Waals surface area contributed by atoms with Gasteiger partial charge < -0.3 is 4.74 Å². The minimum Gasteiger partial charge on any atom is -0.462 e. The average molecular weight is 530 g/mol. The molecule has 0 amide bonds. The monoisotopic (exact) mass is 528 g/mol. The van der Waals surface area contributed by atoms with Crippen LogP contribution in [0.1, 0.15) is 162 Å². The third kappa shape index (κ3) is 18.0. The summed E-state index contributed by atoms with van der Waals surface area (Å²) in [6, 6.07) is 0. The van der Waals surface area contributed by atoms with Gasteiger partial charge in [-0.2, -0.15) is 0 Å². The first-order valence-corrected chi connectivity index (χ1v) is 16.1. The van der Waals surface area contributed by atoms with E-state index in [2.05, 4.69) is 29.8 Å². The highest BCUT2D eigenvalue weighted by Gasteiger charge is 2.20. The van der Waals surface area contributed by atoms with Gasteiger partial charge in [-0.1, -0.05) is 133 Å². The molecular weight excluding hydrogens is 472 g/mol. The van der Waals surface area contributed by atoms with Crippen molar-refractivity contribution in [3.05, 3.63) is 0 Å². The maximum absolute atomic E-state index is 12.5. The Bertz CT molecular complexity index is 431. The van der Waals surface area contributed by atoms with E-state index in [4.69, 9.17) is 4.74 Å². The number of hydrogen-bond acceptors (Lipinski definition) is 2. The number of ether oxygens (including phenoxy) is 1. The van der Waals surface area contributed by atoms with E-state index in [-0.39, 0.29) is 12.1 Å². The second-order valence-electron chi connectivity index (χ2n) is 10.8. The number of unbranched alkanes of at least 4 members (excludes halogenated alkanes) is 10. The minimum absolute atomic E-state index is 0.0562. The van der Waals surface area contributed by atoms with E-state index in [0.717, 1.165) is 42.8 Å². The third-order valence-electron chi connectivity index (χ3n) is 7.74. The highest BCUT2D eigenvalue weighted by atomic mass is 79.9. The summed E-state index contributed by atoms with van der Waals surface area (Å²) in [7, 11) is 0. The maximum atomic E-state index is 12.5. The molecule has 0 aromatic carbocycles. The van der Waals surface area contributed by atoms with Crippen LogP contribution in [0.2, 0.25) is 0 Å². The highest BCUT2D eigenvalue weighted by Crippen LogP contribution is 2.34. The Kier molecular flexibility index (Phi) is 21.0. The summed E-state index contributed by atoms with van der Waals surface area (Å²) in [5, 5.41) is 1.09. The molecule has 1 unspecified atom stereocenters. The molecule has 1 aliphatic carbocycles. The van der Waals surface area contributed by atoms with E-state index in [1.165, 1.54) is 116 Å². The van der Waals surface area contributed by atoms with Crippen molar-refractivity contribution < 1.29 is 9.53 Å². The summed E-state index contributed by atoms with van der Waals surface area (Å²) < 4.78 is 5.99. The molecular formula is C30H57BrO2. The Balaban J connectivity index is 2.24.